The molecule has 1 aromatic heterocycles. The fourth-order valence-electron chi connectivity index (χ4n) is 1.87. The van der Waals surface area contributed by atoms with Crippen LogP contribution in [0.4, 0.5) is 18.9 Å². The highest BCUT2D eigenvalue weighted by Crippen LogP contribution is 2.20. The van der Waals surface area contributed by atoms with Crippen LogP contribution in [0.15, 0.2) is 30.6 Å². The van der Waals surface area contributed by atoms with Gasteiger partial charge < -0.3 is 15.4 Å². The van der Waals surface area contributed by atoms with Crippen molar-refractivity contribution in [3.8, 4) is 0 Å². The lowest BCUT2D eigenvalue weighted by atomic mass is 10.1. The molecule has 1 heterocycles. The van der Waals surface area contributed by atoms with Crippen LogP contribution in [-0.4, -0.2) is 37.1 Å². The van der Waals surface area contributed by atoms with Crippen LogP contribution >= 0.6 is 0 Å². The Morgan fingerprint density at radius 1 is 1.08 bits per heavy atom. The maximum Gasteiger partial charge on any atom is 0.257 e. The fourth-order valence-corrected chi connectivity index (χ4v) is 1.87. The maximum atomic E-state index is 13.6. The number of hydrogen-bond acceptors (Lipinski definition) is 4. The first kappa shape index (κ1) is 18.4. The number of benzene rings is 1. The van der Waals surface area contributed by atoms with E-state index in [0.717, 1.165) is 12.3 Å². The van der Waals surface area contributed by atoms with Gasteiger partial charge in [0.25, 0.3) is 11.8 Å². The highest BCUT2D eigenvalue weighted by molar-refractivity contribution is 6.05. The fraction of sp³-hybridized carbons (Fsp3) is 0.188. The third kappa shape index (κ3) is 4.54. The summed E-state index contributed by atoms with van der Waals surface area (Å²) < 4.78 is 44.5. The molecule has 0 fully saturated rings. The van der Waals surface area contributed by atoms with Crippen molar-refractivity contribution in [2.75, 3.05) is 25.6 Å². The second-order valence-electron chi connectivity index (χ2n) is 4.89. The van der Waals surface area contributed by atoms with Gasteiger partial charge in [-0.05, 0) is 18.2 Å². The van der Waals surface area contributed by atoms with Crippen molar-refractivity contribution in [2.24, 2.45) is 0 Å². The maximum absolute atomic E-state index is 13.6. The summed E-state index contributed by atoms with van der Waals surface area (Å²) in [6.07, 6.45) is 2.40. The van der Waals surface area contributed by atoms with Crippen LogP contribution in [0.5, 0.6) is 0 Å². The third-order valence-corrected chi connectivity index (χ3v) is 3.14. The summed E-state index contributed by atoms with van der Waals surface area (Å²) in [7, 11) is 1.48. The van der Waals surface area contributed by atoms with Crippen LogP contribution in [0.3, 0.4) is 0 Å². The van der Waals surface area contributed by atoms with Crippen molar-refractivity contribution in [1.82, 2.24) is 10.3 Å². The van der Waals surface area contributed by atoms with Gasteiger partial charge in [-0.15, -0.1) is 0 Å². The molecule has 0 radical (unpaired) electrons. The molecule has 0 aliphatic carbocycles. The number of pyridine rings is 1. The molecule has 25 heavy (non-hydrogen) atoms. The first-order chi connectivity index (χ1) is 11.9. The molecule has 2 N–H and O–H groups in total. The first-order valence-corrected chi connectivity index (χ1v) is 7.11. The molecule has 2 rings (SSSR count). The molecule has 0 saturated heterocycles. The predicted octanol–water partition coefficient (Wildman–Crippen LogP) is 2.13. The number of anilines is 1. The van der Waals surface area contributed by atoms with E-state index >= 15 is 0 Å². The molecule has 6 nitrogen and oxygen atoms in total. The monoisotopic (exact) mass is 353 g/mol. The molecule has 1 aromatic carbocycles. The van der Waals surface area contributed by atoms with Crippen molar-refractivity contribution in [3.63, 3.8) is 0 Å². The standard InChI is InChI=1S/C16H14F3N3O3/c1-25-5-4-21-15(23)9-6-10(8-20-7-9)16(24)22-12-3-2-11(17)13(18)14(12)19/h2-3,6-8H,4-5H2,1H3,(H,21,23)(H,22,24). The van der Waals surface area contributed by atoms with Gasteiger partial charge in [0.2, 0.25) is 0 Å². The van der Waals surface area contributed by atoms with Crippen LogP contribution in [0.25, 0.3) is 0 Å². The number of hydrogen-bond donors (Lipinski definition) is 2. The Hall–Kier alpha value is -2.94. The summed E-state index contributed by atoms with van der Waals surface area (Å²) in [5.41, 5.74) is -0.475. The van der Waals surface area contributed by atoms with Crippen molar-refractivity contribution in [1.29, 1.82) is 0 Å². The van der Waals surface area contributed by atoms with Gasteiger partial charge in [-0.1, -0.05) is 0 Å². The second-order valence-corrected chi connectivity index (χ2v) is 4.89. The molecule has 9 heteroatoms. The van der Waals surface area contributed by atoms with Gasteiger partial charge in [0.15, 0.2) is 17.5 Å². The van der Waals surface area contributed by atoms with E-state index < -0.39 is 35.0 Å². The number of ether oxygens (including phenoxy) is 1. The summed E-state index contributed by atoms with van der Waals surface area (Å²) >= 11 is 0. The van der Waals surface area contributed by atoms with Crippen molar-refractivity contribution in [2.45, 2.75) is 0 Å². The molecule has 0 aliphatic heterocycles. The van der Waals surface area contributed by atoms with Crippen molar-refractivity contribution >= 4 is 17.5 Å². The zero-order chi connectivity index (χ0) is 18.4. The Morgan fingerprint density at radius 2 is 1.76 bits per heavy atom. The third-order valence-electron chi connectivity index (χ3n) is 3.14. The largest absolute Gasteiger partial charge is 0.383 e. The van der Waals surface area contributed by atoms with Crippen LogP contribution in [-0.2, 0) is 4.74 Å². The molecule has 0 aliphatic rings. The Morgan fingerprint density at radius 3 is 2.44 bits per heavy atom. The van der Waals surface area contributed by atoms with E-state index in [1.807, 2.05) is 0 Å². The van der Waals surface area contributed by atoms with Crippen LogP contribution < -0.4 is 10.6 Å². The summed E-state index contributed by atoms with van der Waals surface area (Å²) in [6.45, 7) is 0.584. The minimum atomic E-state index is -1.69. The molecule has 0 unspecified atom stereocenters. The molecule has 2 aromatic rings. The number of methoxy groups -OCH3 is 1. The van der Waals surface area contributed by atoms with Crippen LogP contribution in [0, 0.1) is 17.5 Å². The quantitative estimate of drug-likeness (QED) is 0.616. The average Bonchev–Trinajstić information content (AvgIpc) is 2.62. The lowest BCUT2D eigenvalue weighted by Gasteiger charge is -2.08. The summed E-state index contributed by atoms with van der Waals surface area (Å²) in [5, 5.41) is 4.65. The van der Waals surface area contributed by atoms with Gasteiger partial charge in [-0.3, -0.25) is 14.6 Å². The minimum Gasteiger partial charge on any atom is -0.383 e. The molecular formula is C16H14F3N3O3. The van der Waals surface area contributed by atoms with Gasteiger partial charge >= 0.3 is 0 Å². The topological polar surface area (TPSA) is 80.3 Å². The second kappa shape index (κ2) is 8.25. The molecule has 0 saturated carbocycles. The van der Waals surface area contributed by atoms with Gasteiger partial charge in [0.1, 0.15) is 0 Å². The van der Waals surface area contributed by atoms with E-state index in [4.69, 9.17) is 4.74 Å². The number of nitrogens with one attached hydrogen (secondary N) is 2. The summed E-state index contributed by atoms with van der Waals surface area (Å²) in [6, 6.07) is 2.81. The highest BCUT2D eigenvalue weighted by Gasteiger charge is 2.17. The summed E-state index contributed by atoms with van der Waals surface area (Å²) in [4.78, 5) is 27.8. The lowest BCUT2D eigenvalue weighted by molar-refractivity contribution is 0.0936. The number of amides is 2. The van der Waals surface area contributed by atoms with Gasteiger partial charge in [0, 0.05) is 26.0 Å². The molecule has 0 spiro atoms. The molecule has 0 atom stereocenters. The highest BCUT2D eigenvalue weighted by atomic mass is 19.2. The molecular weight excluding hydrogens is 339 g/mol. The molecule has 132 valence electrons. The van der Waals surface area contributed by atoms with E-state index in [-0.39, 0.29) is 17.7 Å². The van der Waals surface area contributed by atoms with E-state index in [1.54, 1.807) is 0 Å². The van der Waals surface area contributed by atoms with Crippen molar-refractivity contribution in [3.05, 3.63) is 59.2 Å². The van der Waals surface area contributed by atoms with Gasteiger partial charge in [-0.25, -0.2) is 13.2 Å². The van der Waals surface area contributed by atoms with E-state index in [9.17, 15) is 22.8 Å². The smallest absolute Gasteiger partial charge is 0.257 e. The van der Waals surface area contributed by atoms with Crippen LogP contribution in [0.2, 0.25) is 0 Å². The Kier molecular flexibility index (Phi) is 6.07. The van der Waals surface area contributed by atoms with E-state index in [2.05, 4.69) is 15.6 Å². The van der Waals surface area contributed by atoms with Gasteiger partial charge in [-0.2, -0.15) is 0 Å². The minimum absolute atomic E-state index is 0.0523. The zero-order valence-corrected chi connectivity index (χ0v) is 13.1. The first-order valence-electron chi connectivity index (χ1n) is 7.11. The normalized spacial score (nSPS) is 10.4. The SMILES string of the molecule is COCCNC(=O)c1cncc(C(=O)Nc2ccc(F)c(F)c2F)c1. The number of rotatable bonds is 6. The number of aromatic nitrogens is 1. The van der Waals surface area contributed by atoms with E-state index in [0.29, 0.717) is 12.7 Å². The zero-order valence-electron chi connectivity index (χ0n) is 13.1. The Labute approximate surface area is 141 Å². The van der Waals surface area contributed by atoms with E-state index in [1.165, 1.54) is 19.4 Å². The van der Waals surface area contributed by atoms with Crippen LogP contribution in [0.1, 0.15) is 20.7 Å². The Bertz CT molecular complexity index is 799. The number of carbonyl (C=O) groups is 2. The van der Waals surface area contributed by atoms with Crippen molar-refractivity contribution < 1.29 is 27.5 Å². The summed E-state index contributed by atoms with van der Waals surface area (Å²) in [5.74, 6) is -5.88. The number of carbonyl (C=O) groups excluding carboxylic acids is 2. The number of nitrogens with zero attached hydrogens (tertiary/aromatic N) is 1. The van der Waals surface area contributed by atoms with Gasteiger partial charge in [0.05, 0.1) is 23.4 Å². The molecule has 0 bridgehead atoms. The Balaban J connectivity index is 2.14. The molecule has 2 amide bonds. The number of halogens is 3. The average molecular weight is 353 g/mol. The lowest BCUT2D eigenvalue weighted by Crippen LogP contribution is -2.27. The predicted molar refractivity (Wildman–Crippen MR) is 82.7 cm³/mol.